The summed E-state index contributed by atoms with van der Waals surface area (Å²) in [6, 6.07) is 54.9. The molecule has 1 heterocycles. The number of para-hydroxylation sites is 2. The van der Waals surface area contributed by atoms with Crippen LogP contribution in [0, 0.1) is 11.3 Å². The molecule has 0 spiro atoms. The van der Waals surface area contributed by atoms with Crippen LogP contribution in [-0.2, 0) is 5.41 Å². The Kier molecular flexibility index (Phi) is 5.77. The number of ether oxygens (including phenoxy) is 1. The lowest BCUT2D eigenvalue weighted by Gasteiger charge is -2.41. The lowest BCUT2D eigenvalue weighted by Crippen LogP contribution is -2.34. The first kappa shape index (κ1) is 23.7. The van der Waals surface area contributed by atoms with E-state index in [2.05, 4.69) is 127 Å². The minimum Gasteiger partial charge on any atom is -0.457 e. The second-order valence-corrected chi connectivity index (χ2v) is 10.1. The van der Waals surface area contributed by atoms with E-state index in [0.29, 0.717) is 5.56 Å². The predicted octanol–water partition coefficient (Wildman–Crippen LogP) is 9.38. The minimum atomic E-state index is -0.554. The average molecular weight is 512 g/mol. The summed E-state index contributed by atoms with van der Waals surface area (Å²) in [7, 11) is 0. The highest BCUT2D eigenvalue weighted by Crippen LogP contribution is 2.55. The quantitative estimate of drug-likeness (QED) is 0.236. The Balaban J connectivity index is 1.46. The standard InChI is InChI=1S/C38H25NO/c39-26-27-11-8-12-28(23-27)29-13-9-14-30(24-29)31-15-10-18-33(25-31)38(32-16-2-1-3-17-32)34-19-4-6-21-36(34)40-37-22-7-5-20-35(37)38/h1-25H. The molecule has 7 rings (SSSR count). The summed E-state index contributed by atoms with van der Waals surface area (Å²) in [6.45, 7) is 0. The molecule has 40 heavy (non-hydrogen) atoms. The number of rotatable bonds is 4. The molecule has 6 aromatic rings. The van der Waals surface area contributed by atoms with Crippen molar-refractivity contribution in [1.29, 1.82) is 5.26 Å². The number of benzene rings is 6. The summed E-state index contributed by atoms with van der Waals surface area (Å²) >= 11 is 0. The molecule has 2 nitrogen and oxygen atoms in total. The molecule has 0 aliphatic carbocycles. The fourth-order valence-electron chi connectivity index (χ4n) is 6.05. The van der Waals surface area contributed by atoms with E-state index in [1.807, 2.05) is 30.3 Å². The van der Waals surface area contributed by atoms with Gasteiger partial charge in [-0.1, -0.05) is 115 Å². The number of hydrogen-bond donors (Lipinski definition) is 0. The van der Waals surface area contributed by atoms with E-state index in [4.69, 9.17) is 4.74 Å². The van der Waals surface area contributed by atoms with Gasteiger partial charge in [-0.15, -0.1) is 0 Å². The van der Waals surface area contributed by atoms with Crippen LogP contribution in [0.4, 0.5) is 0 Å². The molecular weight excluding hydrogens is 486 g/mol. The van der Waals surface area contributed by atoms with Crippen LogP contribution >= 0.6 is 0 Å². The molecule has 0 N–H and O–H groups in total. The van der Waals surface area contributed by atoms with Crippen molar-refractivity contribution in [3.05, 3.63) is 179 Å². The highest BCUT2D eigenvalue weighted by molar-refractivity contribution is 5.76. The van der Waals surface area contributed by atoms with E-state index < -0.39 is 5.41 Å². The van der Waals surface area contributed by atoms with Gasteiger partial charge >= 0.3 is 0 Å². The zero-order chi connectivity index (χ0) is 26.9. The SMILES string of the molecule is N#Cc1cccc(-c2cccc(-c3cccc(C4(c5ccccc5)c5ccccc5Oc5ccccc54)c3)c2)c1. The van der Waals surface area contributed by atoms with Crippen molar-refractivity contribution in [2.75, 3.05) is 0 Å². The summed E-state index contributed by atoms with van der Waals surface area (Å²) in [6.07, 6.45) is 0. The first-order valence-electron chi connectivity index (χ1n) is 13.4. The fraction of sp³-hybridized carbons (Fsp3) is 0.0263. The third-order valence-corrected chi connectivity index (χ3v) is 7.83. The summed E-state index contributed by atoms with van der Waals surface area (Å²) < 4.78 is 6.45. The normalized spacial score (nSPS) is 12.9. The molecule has 0 saturated heterocycles. The van der Waals surface area contributed by atoms with Crippen molar-refractivity contribution in [3.8, 4) is 39.8 Å². The molecule has 0 radical (unpaired) electrons. The molecule has 0 bridgehead atoms. The summed E-state index contributed by atoms with van der Waals surface area (Å²) in [5, 5.41) is 9.39. The van der Waals surface area contributed by atoms with Gasteiger partial charge in [0.25, 0.3) is 0 Å². The van der Waals surface area contributed by atoms with Crippen LogP contribution in [0.3, 0.4) is 0 Å². The number of fused-ring (bicyclic) bond motifs is 2. The number of nitrogens with zero attached hydrogens (tertiary/aromatic N) is 1. The summed E-state index contributed by atoms with van der Waals surface area (Å²) in [5.74, 6) is 1.74. The minimum absolute atomic E-state index is 0.554. The lowest BCUT2D eigenvalue weighted by atomic mass is 9.63. The van der Waals surface area contributed by atoms with Gasteiger partial charge < -0.3 is 4.74 Å². The molecule has 0 saturated carbocycles. The van der Waals surface area contributed by atoms with Gasteiger partial charge in [-0.05, 0) is 69.8 Å². The Bertz CT molecular complexity index is 1850. The van der Waals surface area contributed by atoms with Crippen molar-refractivity contribution in [1.82, 2.24) is 0 Å². The highest BCUT2D eigenvalue weighted by atomic mass is 16.5. The van der Waals surface area contributed by atoms with Crippen molar-refractivity contribution in [2.45, 2.75) is 5.41 Å². The molecule has 0 unspecified atom stereocenters. The molecule has 2 heteroatoms. The van der Waals surface area contributed by atoms with Crippen LogP contribution in [-0.4, -0.2) is 0 Å². The van der Waals surface area contributed by atoms with Crippen LogP contribution in [0.5, 0.6) is 11.5 Å². The van der Waals surface area contributed by atoms with Crippen molar-refractivity contribution >= 4 is 0 Å². The average Bonchev–Trinajstić information content (AvgIpc) is 3.04. The first-order chi connectivity index (χ1) is 19.8. The van der Waals surface area contributed by atoms with E-state index in [-0.39, 0.29) is 0 Å². The lowest BCUT2D eigenvalue weighted by molar-refractivity contribution is 0.434. The maximum Gasteiger partial charge on any atom is 0.132 e. The summed E-state index contributed by atoms with van der Waals surface area (Å²) in [4.78, 5) is 0. The van der Waals surface area contributed by atoms with Crippen molar-refractivity contribution < 1.29 is 4.74 Å². The van der Waals surface area contributed by atoms with Crippen molar-refractivity contribution in [3.63, 3.8) is 0 Å². The maximum atomic E-state index is 9.39. The fourth-order valence-corrected chi connectivity index (χ4v) is 6.05. The Hall–Kier alpha value is -5.39. The maximum absolute atomic E-state index is 9.39. The van der Waals surface area contributed by atoms with E-state index in [0.717, 1.165) is 44.9 Å². The van der Waals surface area contributed by atoms with Crippen LogP contribution in [0.1, 0.15) is 27.8 Å². The van der Waals surface area contributed by atoms with Gasteiger partial charge in [0.1, 0.15) is 11.5 Å². The third kappa shape index (κ3) is 3.80. The van der Waals surface area contributed by atoms with Gasteiger partial charge in [-0.3, -0.25) is 0 Å². The van der Waals surface area contributed by atoms with Gasteiger partial charge in [0.2, 0.25) is 0 Å². The van der Waals surface area contributed by atoms with Crippen LogP contribution in [0.2, 0.25) is 0 Å². The molecule has 0 aromatic heterocycles. The summed E-state index contributed by atoms with van der Waals surface area (Å²) in [5.41, 5.74) is 9.09. The van der Waals surface area contributed by atoms with E-state index >= 15 is 0 Å². The highest BCUT2D eigenvalue weighted by Gasteiger charge is 2.45. The molecule has 188 valence electrons. The molecule has 1 aliphatic rings. The Morgan fingerprint density at radius 2 is 0.950 bits per heavy atom. The molecule has 6 aromatic carbocycles. The Morgan fingerprint density at radius 1 is 0.450 bits per heavy atom. The van der Waals surface area contributed by atoms with Crippen molar-refractivity contribution in [2.24, 2.45) is 0 Å². The van der Waals surface area contributed by atoms with Crippen LogP contribution < -0.4 is 4.74 Å². The third-order valence-electron chi connectivity index (χ3n) is 7.83. The number of nitriles is 1. The largest absolute Gasteiger partial charge is 0.457 e. The van der Waals surface area contributed by atoms with Gasteiger partial charge in [-0.2, -0.15) is 5.26 Å². The molecule has 1 aliphatic heterocycles. The zero-order valence-corrected chi connectivity index (χ0v) is 21.8. The zero-order valence-electron chi connectivity index (χ0n) is 21.8. The molecule has 0 atom stereocenters. The Labute approximate surface area is 234 Å². The smallest absolute Gasteiger partial charge is 0.132 e. The van der Waals surface area contributed by atoms with Gasteiger partial charge in [-0.25, -0.2) is 0 Å². The van der Waals surface area contributed by atoms with Gasteiger partial charge in [0, 0.05) is 11.1 Å². The van der Waals surface area contributed by atoms with E-state index in [1.54, 1.807) is 0 Å². The Morgan fingerprint density at radius 3 is 1.60 bits per heavy atom. The predicted molar refractivity (Wildman–Crippen MR) is 160 cm³/mol. The first-order valence-corrected chi connectivity index (χ1v) is 13.4. The monoisotopic (exact) mass is 511 g/mol. The van der Waals surface area contributed by atoms with Crippen LogP contribution in [0.25, 0.3) is 22.3 Å². The molecule has 0 fully saturated rings. The second-order valence-electron chi connectivity index (χ2n) is 10.1. The van der Waals surface area contributed by atoms with E-state index in [9.17, 15) is 5.26 Å². The van der Waals surface area contributed by atoms with E-state index in [1.165, 1.54) is 11.1 Å². The number of hydrogen-bond acceptors (Lipinski definition) is 2. The second kappa shape index (κ2) is 9.73. The van der Waals surface area contributed by atoms with Crippen LogP contribution in [0.15, 0.2) is 152 Å². The topological polar surface area (TPSA) is 33.0 Å². The van der Waals surface area contributed by atoms with Gasteiger partial charge in [0.15, 0.2) is 0 Å². The molecule has 0 amide bonds. The molecular formula is C38H25NO. The van der Waals surface area contributed by atoms with Gasteiger partial charge in [0.05, 0.1) is 17.0 Å².